The zero-order valence-corrected chi connectivity index (χ0v) is 22.6. The highest BCUT2D eigenvalue weighted by Crippen LogP contribution is 2.48. The van der Waals surface area contributed by atoms with Crippen LogP contribution < -0.4 is 20.4 Å². The molecule has 1 saturated heterocycles. The predicted molar refractivity (Wildman–Crippen MR) is 151 cm³/mol. The number of ether oxygens (including phenoxy) is 1. The van der Waals surface area contributed by atoms with E-state index in [2.05, 4.69) is 72.0 Å². The summed E-state index contributed by atoms with van der Waals surface area (Å²) in [5.41, 5.74) is 12.4. The van der Waals surface area contributed by atoms with Gasteiger partial charge < -0.3 is 19.8 Å². The molecule has 6 heteroatoms. The molecule has 3 aromatic carbocycles. The number of rotatable bonds is 7. The summed E-state index contributed by atoms with van der Waals surface area (Å²) in [6.45, 7) is 8.32. The molecule has 0 amide bonds. The number of carbonyl (C=O) groups is 1. The first-order chi connectivity index (χ1) is 18.5. The standard InChI is InChI=1S/C32H37N3O3/c1-21-16-25(22(2)34-37-3)8-9-27(21)23-4-6-24(7-5-23)30(36)19-35-15-10-26-17-31-28(18-29(26)35)32(20-38-31)11-13-33-14-12-32/h4-9,16-18,22,33-34H,10-15,19-20H2,1-3H3. The molecule has 1 fully saturated rings. The van der Waals surface area contributed by atoms with E-state index in [4.69, 9.17) is 9.57 Å². The second-order valence-corrected chi connectivity index (χ2v) is 11.1. The summed E-state index contributed by atoms with van der Waals surface area (Å²) in [6, 6.07) is 19.2. The fourth-order valence-electron chi connectivity index (χ4n) is 6.42. The molecule has 38 heavy (non-hydrogen) atoms. The van der Waals surface area contributed by atoms with Gasteiger partial charge in [-0.25, -0.2) is 0 Å². The van der Waals surface area contributed by atoms with E-state index in [9.17, 15) is 4.79 Å². The maximum absolute atomic E-state index is 13.3. The monoisotopic (exact) mass is 511 g/mol. The molecule has 3 aliphatic heterocycles. The number of nitrogens with one attached hydrogen (secondary N) is 2. The van der Waals surface area contributed by atoms with Crippen molar-refractivity contribution >= 4 is 11.5 Å². The molecular weight excluding hydrogens is 474 g/mol. The molecular formula is C32H37N3O3. The third kappa shape index (κ3) is 4.51. The van der Waals surface area contributed by atoms with Crippen LogP contribution in [0.25, 0.3) is 11.1 Å². The largest absolute Gasteiger partial charge is 0.492 e. The zero-order chi connectivity index (χ0) is 26.3. The van der Waals surface area contributed by atoms with Crippen molar-refractivity contribution in [2.24, 2.45) is 0 Å². The minimum Gasteiger partial charge on any atom is -0.492 e. The molecule has 0 aromatic heterocycles. The molecule has 0 bridgehead atoms. The van der Waals surface area contributed by atoms with Crippen molar-refractivity contribution in [1.82, 2.24) is 10.8 Å². The maximum Gasteiger partial charge on any atom is 0.182 e. The lowest BCUT2D eigenvalue weighted by Gasteiger charge is -2.33. The van der Waals surface area contributed by atoms with Crippen molar-refractivity contribution in [3.05, 3.63) is 82.4 Å². The summed E-state index contributed by atoms with van der Waals surface area (Å²) in [7, 11) is 1.63. The van der Waals surface area contributed by atoms with Crippen LogP contribution in [0, 0.1) is 6.92 Å². The Morgan fingerprint density at radius 3 is 2.66 bits per heavy atom. The number of nitrogens with zero attached hydrogens (tertiary/aromatic N) is 1. The highest BCUT2D eigenvalue weighted by atomic mass is 16.6. The first-order valence-corrected chi connectivity index (χ1v) is 13.8. The number of hydroxylamine groups is 1. The summed E-state index contributed by atoms with van der Waals surface area (Å²) < 4.78 is 6.17. The van der Waals surface area contributed by atoms with Crippen LogP contribution in [0.2, 0.25) is 0 Å². The Bertz CT molecular complexity index is 1340. The van der Waals surface area contributed by atoms with E-state index in [1.165, 1.54) is 33.5 Å². The fraction of sp³-hybridized carbons (Fsp3) is 0.406. The van der Waals surface area contributed by atoms with Gasteiger partial charge in [-0.15, -0.1) is 0 Å². The third-order valence-electron chi connectivity index (χ3n) is 8.71. The Hall–Kier alpha value is -3.19. The predicted octanol–water partition coefficient (Wildman–Crippen LogP) is 5.13. The number of Topliss-reactive ketones (excluding diaryl/α,β-unsaturated/α-hetero) is 1. The number of hydrogen-bond acceptors (Lipinski definition) is 6. The molecule has 1 atom stereocenters. The van der Waals surface area contributed by atoms with Crippen molar-refractivity contribution in [3.63, 3.8) is 0 Å². The van der Waals surface area contributed by atoms with Crippen LogP contribution in [-0.2, 0) is 16.7 Å². The fourth-order valence-corrected chi connectivity index (χ4v) is 6.42. The molecule has 3 aliphatic rings. The van der Waals surface area contributed by atoms with E-state index < -0.39 is 0 Å². The number of ketones is 1. The first-order valence-electron chi connectivity index (χ1n) is 13.8. The summed E-state index contributed by atoms with van der Waals surface area (Å²) in [5, 5.41) is 3.48. The number of fused-ring (bicyclic) bond motifs is 3. The van der Waals surface area contributed by atoms with Gasteiger partial charge in [0, 0.05) is 28.8 Å². The normalized spacial score (nSPS) is 18.2. The van der Waals surface area contributed by atoms with Crippen LogP contribution in [0.3, 0.4) is 0 Å². The van der Waals surface area contributed by atoms with Crippen molar-refractivity contribution in [2.75, 3.05) is 44.8 Å². The molecule has 6 nitrogen and oxygen atoms in total. The Morgan fingerprint density at radius 2 is 1.92 bits per heavy atom. The van der Waals surface area contributed by atoms with Crippen molar-refractivity contribution in [3.8, 4) is 16.9 Å². The topological polar surface area (TPSA) is 62.8 Å². The number of benzene rings is 3. The number of piperidine rings is 1. The highest BCUT2D eigenvalue weighted by Gasteiger charge is 2.42. The summed E-state index contributed by atoms with van der Waals surface area (Å²) in [5.74, 6) is 1.21. The Balaban J connectivity index is 1.17. The average Bonchev–Trinajstić information content (AvgIpc) is 3.48. The number of carbonyl (C=O) groups excluding carboxylic acids is 1. The van der Waals surface area contributed by atoms with Gasteiger partial charge in [0.2, 0.25) is 0 Å². The molecule has 3 aromatic rings. The highest BCUT2D eigenvalue weighted by molar-refractivity contribution is 6.00. The van der Waals surface area contributed by atoms with Gasteiger partial charge in [-0.05, 0) is 86.1 Å². The SMILES string of the molecule is CONC(C)c1ccc(-c2ccc(C(=O)CN3CCc4cc5c(cc43)C3(CCNCC3)CO5)cc2)c(C)c1. The number of aryl methyl sites for hydroxylation is 1. The molecule has 2 N–H and O–H groups in total. The lowest BCUT2D eigenvalue weighted by Crippen LogP contribution is -2.41. The lowest BCUT2D eigenvalue weighted by molar-refractivity contribution is 0.0658. The Morgan fingerprint density at radius 1 is 1.13 bits per heavy atom. The van der Waals surface area contributed by atoms with Gasteiger partial charge in [0.05, 0.1) is 26.3 Å². The molecule has 0 radical (unpaired) electrons. The molecule has 3 heterocycles. The molecule has 1 unspecified atom stereocenters. The van der Waals surface area contributed by atoms with Gasteiger partial charge in [0.25, 0.3) is 0 Å². The molecule has 6 rings (SSSR count). The second-order valence-electron chi connectivity index (χ2n) is 11.1. The minimum absolute atomic E-state index is 0.113. The maximum atomic E-state index is 13.3. The minimum atomic E-state index is 0.113. The quantitative estimate of drug-likeness (QED) is 0.339. The van der Waals surface area contributed by atoms with Gasteiger partial charge >= 0.3 is 0 Å². The van der Waals surface area contributed by atoms with Crippen molar-refractivity contribution in [2.45, 2.75) is 44.6 Å². The van der Waals surface area contributed by atoms with Gasteiger partial charge in [0.1, 0.15) is 5.75 Å². The van der Waals surface area contributed by atoms with Crippen molar-refractivity contribution < 1.29 is 14.4 Å². The third-order valence-corrected chi connectivity index (χ3v) is 8.71. The summed E-state index contributed by atoms with van der Waals surface area (Å²) >= 11 is 0. The van der Waals surface area contributed by atoms with Gasteiger partial charge in [0.15, 0.2) is 5.78 Å². The van der Waals surface area contributed by atoms with Crippen LogP contribution in [0.15, 0.2) is 54.6 Å². The smallest absolute Gasteiger partial charge is 0.182 e. The van der Waals surface area contributed by atoms with Crippen LogP contribution >= 0.6 is 0 Å². The van der Waals surface area contributed by atoms with Crippen LogP contribution in [0.1, 0.15) is 58.4 Å². The van der Waals surface area contributed by atoms with E-state index in [0.29, 0.717) is 6.54 Å². The molecule has 1 spiro atoms. The second kappa shape index (κ2) is 10.2. The van der Waals surface area contributed by atoms with Crippen LogP contribution in [-0.4, -0.2) is 45.7 Å². The Labute approximate surface area is 225 Å². The van der Waals surface area contributed by atoms with Crippen LogP contribution in [0.5, 0.6) is 5.75 Å². The van der Waals surface area contributed by atoms with Gasteiger partial charge in [-0.2, -0.15) is 5.48 Å². The van der Waals surface area contributed by atoms with E-state index in [1.807, 2.05) is 12.1 Å². The average molecular weight is 512 g/mol. The van der Waals surface area contributed by atoms with E-state index in [0.717, 1.165) is 62.4 Å². The van der Waals surface area contributed by atoms with Gasteiger partial charge in [-0.1, -0.05) is 42.5 Å². The lowest BCUT2D eigenvalue weighted by atomic mass is 9.74. The summed E-state index contributed by atoms with van der Waals surface area (Å²) in [4.78, 5) is 20.7. The zero-order valence-electron chi connectivity index (χ0n) is 22.6. The first kappa shape index (κ1) is 25.1. The van der Waals surface area contributed by atoms with E-state index in [1.54, 1.807) is 7.11 Å². The summed E-state index contributed by atoms with van der Waals surface area (Å²) in [6.07, 6.45) is 3.17. The number of hydrogen-bond donors (Lipinski definition) is 2. The molecule has 0 saturated carbocycles. The molecule has 198 valence electrons. The van der Waals surface area contributed by atoms with E-state index >= 15 is 0 Å². The number of anilines is 1. The Kier molecular flexibility index (Phi) is 6.72. The van der Waals surface area contributed by atoms with Crippen LogP contribution in [0.4, 0.5) is 5.69 Å². The molecule has 0 aliphatic carbocycles. The van der Waals surface area contributed by atoms with Crippen molar-refractivity contribution in [1.29, 1.82) is 0 Å². The van der Waals surface area contributed by atoms with Gasteiger partial charge in [-0.3, -0.25) is 4.79 Å². The van der Waals surface area contributed by atoms with E-state index in [-0.39, 0.29) is 17.2 Å².